The van der Waals surface area contributed by atoms with Gasteiger partial charge in [-0.05, 0) is 18.6 Å². The van der Waals surface area contributed by atoms with E-state index in [1.54, 1.807) is 12.1 Å². The minimum Gasteiger partial charge on any atom is -0.477 e. The second kappa shape index (κ2) is 2.99. The van der Waals surface area contributed by atoms with Gasteiger partial charge >= 0.3 is 5.97 Å². The molecule has 2 rings (SSSR count). The number of carboxylic acids is 1. The second-order valence-corrected chi connectivity index (χ2v) is 3.40. The van der Waals surface area contributed by atoms with Crippen molar-refractivity contribution < 1.29 is 9.90 Å². The molecule has 2 N–H and O–H groups in total. The first-order valence-electron chi connectivity index (χ1n) is 3.97. The van der Waals surface area contributed by atoms with Gasteiger partial charge in [-0.2, -0.15) is 5.10 Å². The standard InChI is InChI=1S/C9H7ClN2O2/c1-4-2-3-5(10)6-7(4)11-12-8(6)9(13)14/h2-3H,1H3,(H,11,12)(H,13,14). The van der Waals surface area contributed by atoms with Crippen LogP contribution in [0.3, 0.4) is 0 Å². The van der Waals surface area contributed by atoms with E-state index in [9.17, 15) is 4.79 Å². The third kappa shape index (κ3) is 1.15. The number of nitrogens with one attached hydrogen (secondary N) is 1. The number of benzene rings is 1. The van der Waals surface area contributed by atoms with Crippen LogP contribution in [0.15, 0.2) is 12.1 Å². The molecule has 1 heterocycles. The third-order valence-corrected chi connectivity index (χ3v) is 2.39. The van der Waals surface area contributed by atoms with Crippen LogP contribution in [0.1, 0.15) is 16.1 Å². The van der Waals surface area contributed by atoms with Crippen LogP contribution in [0, 0.1) is 6.92 Å². The topological polar surface area (TPSA) is 66.0 Å². The van der Waals surface area contributed by atoms with Crippen molar-refractivity contribution in [2.24, 2.45) is 0 Å². The van der Waals surface area contributed by atoms with Crippen molar-refractivity contribution in [3.05, 3.63) is 28.4 Å². The van der Waals surface area contributed by atoms with Crippen molar-refractivity contribution in [2.75, 3.05) is 0 Å². The summed E-state index contributed by atoms with van der Waals surface area (Å²) in [5, 5.41) is 16.1. The van der Waals surface area contributed by atoms with Gasteiger partial charge in [0.25, 0.3) is 0 Å². The molecule has 0 saturated carbocycles. The number of aromatic nitrogens is 2. The number of fused-ring (bicyclic) bond motifs is 1. The van der Waals surface area contributed by atoms with E-state index < -0.39 is 5.97 Å². The lowest BCUT2D eigenvalue weighted by atomic mass is 10.1. The third-order valence-electron chi connectivity index (χ3n) is 2.07. The zero-order chi connectivity index (χ0) is 10.3. The molecule has 1 aromatic heterocycles. The van der Waals surface area contributed by atoms with Crippen LogP contribution in [-0.2, 0) is 0 Å². The highest BCUT2D eigenvalue weighted by Crippen LogP contribution is 2.27. The number of nitrogens with zero attached hydrogens (tertiary/aromatic N) is 1. The van der Waals surface area contributed by atoms with Crippen molar-refractivity contribution >= 4 is 28.5 Å². The van der Waals surface area contributed by atoms with Gasteiger partial charge in [-0.15, -0.1) is 0 Å². The number of aromatic amines is 1. The quantitative estimate of drug-likeness (QED) is 0.759. The van der Waals surface area contributed by atoms with E-state index in [-0.39, 0.29) is 5.69 Å². The Morgan fingerprint density at radius 3 is 2.93 bits per heavy atom. The molecule has 72 valence electrons. The number of hydrogen-bond acceptors (Lipinski definition) is 2. The molecule has 2 aromatic rings. The van der Waals surface area contributed by atoms with Crippen molar-refractivity contribution in [3.63, 3.8) is 0 Å². The number of halogens is 1. The van der Waals surface area contributed by atoms with Crippen molar-refractivity contribution in [1.29, 1.82) is 0 Å². The van der Waals surface area contributed by atoms with Crippen LogP contribution in [0.5, 0.6) is 0 Å². The Labute approximate surface area is 84.5 Å². The fourth-order valence-electron chi connectivity index (χ4n) is 1.38. The van der Waals surface area contributed by atoms with Gasteiger partial charge in [0, 0.05) is 0 Å². The number of aromatic carboxylic acids is 1. The molecule has 0 fully saturated rings. The first kappa shape index (κ1) is 9.02. The highest BCUT2D eigenvalue weighted by atomic mass is 35.5. The van der Waals surface area contributed by atoms with Crippen LogP contribution < -0.4 is 0 Å². The molecule has 0 aliphatic rings. The Hall–Kier alpha value is -1.55. The summed E-state index contributed by atoms with van der Waals surface area (Å²) < 4.78 is 0. The minimum absolute atomic E-state index is 0.0358. The van der Waals surface area contributed by atoms with Gasteiger partial charge in [-0.1, -0.05) is 17.7 Å². The SMILES string of the molecule is Cc1ccc(Cl)c2c(C(=O)O)[nH]nc12. The van der Waals surface area contributed by atoms with E-state index in [0.29, 0.717) is 15.9 Å². The Bertz CT molecular complexity index is 519. The van der Waals surface area contributed by atoms with Crippen LogP contribution >= 0.6 is 11.6 Å². The van der Waals surface area contributed by atoms with E-state index in [4.69, 9.17) is 16.7 Å². The summed E-state index contributed by atoms with van der Waals surface area (Å²) in [6, 6.07) is 3.47. The van der Waals surface area contributed by atoms with Gasteiger partial charge in [0.15, 0.2) is 5.69 Å². The number of H-pyrrole nitrogens is 1. The van der Waals surface area contributed by atoms with Gasteiger partial charge < -0.3 is 5.11 Å². The van der Waals surface area contributed by atoms with Gasteiger partial charge in [0.05, 0.1) is 15.9 Å². The highest BCUT2D eigenvalue weighted by Gasteiger charge is 2.15. The average molecular weight is 211 g/mol. The van der Waals surface area contributed by atoms with E-state index in [0.717, 1.165) is 5.56 Å². The smallest absolute Gasteiger partial charge is 0.354 e. The van der Waals surface area contributed by atoms with Gasteiger partial charge in [-0.3, -0.25) is 5.10 Å². The van der Waals surface area contributed by atoms with Gasteiger partial charge in [0.2, 0.25) is 0 Å². The maximum absolute atomic E-state index is 10.8. The molecule has 0 bridgehead atoms. The predicted octanol–water partition coefficient (Wildman–Crippen LogP) is 2.22. The Morgan fingerprint density at radius 2 is 2.29 bits per heavy atom. The molecule has 0 spiro atoms. The van der Waals surface area contributed by atoms with Gasteiger partial charge in [0.1, 0.15) is 0 Å². The zero-order valence-corrected chi connectivity index (χ0v) is 8.09. The summed E-state index contributed by atoms with van der Waals surface area (Å²) in [5.74, 6) is -1.06. The molecule has 0 radical (unpaired) electrons. The molecule has 0 amide bonds. The zero-order valence-electron chi connectivity index (χ0n) is 7.34. The molecule has 5 heteroatoms. The molecule has 14 heavy (non-hydrogen) atoms. The van der Waals surface area contributed by atoms with Crippen molar-refractivity contribution in [2.45, 2.75) is 6.92 Å². The molecule has 0 aliphatic carbocycles. The Morgan fingerprint density at radius 1 is 1.57 bits per heavy atom. The van der Waals surface area contributed by atoms with Crippen LogP contribution in [0.4, 0.5) is 0 Å². The predicted molar refractivity (Wildman–Crippen MR) is 52.8 cm³/mol. The summed E-state index contributed by atoms with van der Waals surface area (Å²) in [4.78, 5) is 10.8. The largest absolute Gasteiger partial charge is 0.477 e. The normalized spacial score (nSPS) is 10.7. The highest BCUT2D eigenvalue weighted by molar-refractivity contribution is 6.36. The van der Waals surface area contributed by atoms with Crippen molar-refractivity contribution in [1.82, 2.24) is 10.2 Å². The van der Waals surface area contributed by atoms with E-state index in [1.165, 1.54) is 0 Å². The maximum Gasteiger partial charge on any atom is 0.354 e. The van der Waals surface area contributed by atoms with Crippen LogP contribution in [-0.4, -0.2) is 21.3 Å². The fourth-order valence-corrected chi connectivity index (χ4v) is 1.62. The molecule has 4 nitrogen and oxygen atoms in total. The lowest BCUT2D eigenvalue weighted by molar-refractivity contribution is 0.0692. The number of rotatable bonds is 1. The van der Waals surface area contributed by atoms with Crippen molar-refractivity contribution in [3.8, 4) is 0 Å². The summed E-state index contributed by atoms with van der Waals surface area (Å²) in [6.45, 7) is 1.85. The summed E-state index contributed by atoms with van der Waals surface area (Å²) in [5.41, 5.74) is 1.54. The molecule has 0 saturated heterocycles. The first-order valence-corrected chi connectivity index (χ1v) is 4.35. The monoisotopic (exact) mass is 210 g/mol. The van der Waals surface area contributed by atoms with Crippen LogP contribution in [0.2, 0.25) is 5.02 Å². The number of carbonyl (C=O) groups is 1. The number of aryl methyl sites for hydroxylation is 1. The maximum atomic E-state index is 10.8. The molecule has 0 aliphatic heterocycles. The summed E-state index contributed by atoms with van der Waals surface area (Å²) >= 11 is 5.90. The Balaban J connectivity index is 2.90. The summed E-state index contributed by atoms with van der Waals surface area (Å²) in [7, 11) is 0. The van der Waals surface area contributed by atoms with E-state index in [2.05, 4.69) is 10.2 Å². The van der Waals surface area contributed by atoms with Gasteiger partial charge in [-0.25, -0.2) is 4.79 Å². The first-order chi connectivity index (χ1) is 6.61. The lowest BCUT2D eigenvalue weighted by Crippen LogP contribution is -1.97. The fraction of sp³-hybridized carbons (Fsp3) is 0.111. The lowest BCUT2D eigenvalue weighted by Gasteiger charge is -1.97. The molecular weight excluding hydrogens is 204 g/mol. The van der Waals surface area contributed by atoms with E-state index in [1.807, 2.05) is 6.92 Å². The Kier molecular flexibility index (Phi) is 1.93. The number of hydrogen-bond donors (Lipinski definition) is 2. The molecule has 1 aromatic carbocycles. The average Bonchev–Trinajstić information content (AvgIpc) is 2.56. The minimum atomic E-state index is -1.06. The second-order valence-electron chi connectivity index (χ2n) is 2.99. The van der Waals surface area contributed by atoms with E-state index >= 15 is 0 Å². The molecule has 0 unspecified atom stereocenters. The summed E-state index contributed by atoms with van der Waals surface area (Å²) in [6.07, 6.45) is 0. The molecule has 0 atom stereocenters. The number of carboxylic acid groups (broad SMARTS) is 1. The molecular formula is C9H7ClN2O2. The van der Waals surface area contributed by atoms with Crippen LogP contribution in [0.25, 0.3) is 10.9 Å².